The van der Waals surface area contributed by atoms with Gasteiger partial charge in [-0.05, 0) is 43.4 Å². The van der Waals surface area contributed by atoms with Crippen molar-refractivity contribution in [3.63, 3.8) is 0 Å². The molecular formula is C14H21NO2. The van der Waals surface area contributed by atoms with Gasteiger partial charge in [-0.25, -0.2) is 0 Å². The van der Waals surface area contributed by atoms with Gasteiger partial charge in [0.2, 0.25) is 0 Å². The minimum absolute atomic E-state index is 0.0966. The quantitative estimate of drug-likeness (QED) is 0.872. The van der Waals surface area contributed by atoms with Crippen LogP contribution < -0.4 is 10.5 Å². The Morgan fingerprint density at radius 2 is 2.18 bits per heavy atom. The predicted octanol–water partition coefficient (Wildman–Crippen LogP) is 2.51. The van der Waals surface area contributed by atoms with Crippen LogP contribution in [0.15, 0.2) is 24.3 Å². The van der Waals surface area contributed by atoms with Gasteiger partial charge < -0.3 is 15.2 Å². The summed E-state index contributed by atoms with van der Waals surface area (Å²) in [4.78, 5) is 0. The Hall–Kier alpha value is -1.06. The molecule has 2 rings (SSSR count). The van der Waals surface area contributed by atoms with Crippen molar-refractivity contribution in [3.8, 4) is 5.75 Å². The molecule has 1 aromatic carbocycles. The molecule has 1 atom stereocenters. The summed E-state index contributed by atoms with van der Waals surface area (Å²) >= 11 is 0. The summed E-state index contributed by atoms with van der Waals surface area (Å²) in [5.74, 6) is 1.44. The molecule has 0 bridgehead atoms. The van der Waals surface area contributed by atoms with Crippen molar-refractivity contribution in [1.82, 2.24) is 0 Å². The molecule has 3 nitrogen and oxygen atoms in total. The third-order valence-electron chi connectivity index (χ3n) is 3.33. The molecule has 1 aliphatic heterocycles. The van der Waals surface area contributed by atoms with Crippen LogP contribution in [-0.2, 0) is 4.74 Å². The number of hydrogen-bond acceptors (Lipinski definition) is 3. The van der Waals surface area contributed by atoms with Gasteiger partial charge in [-0.2, -0.15) is 0 Å². The molecule has 17 heavy (non-hydrogen) atoms. The summed E-state index contributed by atoms with van der Waals surface area (Å²) in [5.41, 5.74) is 7.49. The van der Waals surface area contributed by atoms with E-state index in [2.05, 4.69) is 12.1 Å². The fourth-order valence-corrected chi connectivity index (χ4v) is 2.33. The van der Waals surface area contributed by atoms with Crippen molar-refractivity contribution < 1.29 is 9.47 Å². The lowest BCUT2D eigenvalue weighted by Gasteiger charge is -2.28. The first-order valence-electron chi connectivity index (χ1n) is 6.37. The van der Waals surface area contributed by atoms with E-state index in [0.717, 1.165) is 31.8 Å². The van der Waals surface area contributed by atoms with E-state index in [1.54, 1.807) is 0 Å². The molecule has 1 aromatic rings. The summed E-state index contributed by atoms with van der Waals surface area (Å²) in [6, 6.07) is 8.23. The zero-order valence-electron chi connectivity index (χ0n) is 10.4. The molecule has 0 amide bonds. The average molecular weight is 235 g/mol. The predicted molar refractivity (Wildman–Crippen MR) is 68.1 cm³/mol. The lowest BCUT2D eigenvalue weighted by molar-refractivity contribution is 0.0583. The maximum Gasteiger partial charge on any atom is 0.119 e. The second kappa shape index (κ2) is 6.03. The molecule has 1 aliphatic rings. The normalized spacial score (nSPS) is 18.9. The van der Waals surface area contributed by atoms with E-state index < -0.39 is 0 Å². The first-order chi connectivity index (χ1) is 8.31. The van der Waals surface area contributed by atoms with Crippen molar-refractivity contribution in [3.05, 3.63) is 29.8 Å². The molecule has 1 unspecified atom stereocenters. The van der Waals surface area contributed by atoms with Crippen LogP contribution in [-0.4, -0.2) is 19.8 Å². The highest BCUT2D eigenvalue weighted by molar-refractivity contribution is 5.30. The van der Waals surface area contributed by atoms with Crippen molar-refractivity contribution in [2.24, 2.45) is 11.7 Å². The Balaban J connectivity index is 2.06. The van der Waals surface area contributed by atoms with Gasteiger partial charge in [0.25, 0.3) is 0 Å². The number of benzene rings is 1. The first kappa shape index (κ1) is 12.4. The third kappa shape index (κ3) is 3.20. The molecule has 1 saturated heterocycles. The fourth-order valence-electron chi connectivity index (χ4n) is 2.33. The number of rotatable bonds is 4. The van der Waals surface area contributed by atoms with Gasteiger partial charge in [-0.3, -0.25) is 0 Å². The average Bonchev–Trinajstić information content (AvgIpc) is 2.40. The van der Waals surface area contributed by atoms with E-state index in [1.165, 1.54) is 5.56 Å². The second-order valence-electron chi connectivity index (χ2n) is 4.48. The summed E-state index contributed by atoms with van der Waals surface area (Å²) in [5, 5.41) is 0. The van der Waals surface area contributed by atoms with E-state index >= 15 is 0 Å². The zero-order valence-corrected chi connectivity index (χ0v) is 10.4. The Bertz CT molecular complexity index is 348. The summed E-state index contributed by atoms with van der Waals surface area (Å²) < 4.78 is 10.9. The van der Waals surface area contributed by atoms with E-state index in [1.807, 2.05) is 19.1 Å². The molecule has 3 heteroatoms. The van der Waals surface area contributed by atoms with Gasteiger partial charge in [0, 0.05) is 19.3 Å². The summed E-state index contributed by atoms with van der Waals surface area (Å²) in [7, 11) is 0. The van der Waals surface area contributed by atoms with Crippen LogP contribution in [0.1, 0.15) is 31.4 Å². The van der Waals surface area contributed by atoms with E-state index in [4.69, 9.17) is 15.2 Å². The number of hydrogen-bond donors (Lipinski definition) is 1. The highest BCUT2D eigenvalue weighted by atomic mass is 16.5. The van der Waals surface area contributed by atoms with Crippen LogP contribution in [0, 0.1) is 5.92 Å². The maximum absolute atomic E-state index is 6.32. The van der Waals surface area contributed by atoms with Crippen molar-refractivity contribution in [2.75, 3.05) is 19.8 Å². The maximum atomic E-state index is 6.32. The lowest BCUT2D eigenvalue weighted by atomic mass is 9.88. The molecule has 0 saturated carbocycles. The van der Waals surface area contributed by atoms with Gasteiger partial charge in [0.15, 0.2) is 0 Å². The topological polar surface area (TPSA) is 44.5 Å². The molecule has 0 radical (unpaired) electrons. The minimum atomic E-state index is 0.0966. The third-order valence-corrected chi connectivity index (χ3v) is 3.33. The lowest BCUT2D eigenvalue weighted by Crippen LogP contribution is -2.27. The molecule has 2 N–H and O–H groups in total. The van der Waals surface area contributed by atoms with E-state index in [9.17, 15) is 0 Å². The monoisotopic (exact) mass is 235 g/mol. The van der Waals surface area contributed by atoms with E-state index in [0.29, 0.717) is 12.5 Å². The molecule has 1 heterocycles. The zero-order chi connectivity index (χ0) is 12.1. The highest BCUT2D eigenvalue weighted by Gasteiger charge is 2.22. The Labute approximate surface area is 103 Å². The summed E-state index contributed by atoms with van der Waals surface area (Å²) in [6.07, 6.45) is 2.11. The van der Waals surface area contributed by atoms with Crippen molar-refractivity contribution in [2.45, 2.75) is 25.8 Å². The van der Waals surface area contributed by atoms with Gasteiger partial charge >= 0.3 is 0 Å². The Morgan fingerprint density at radius 3 is 2.88 bits per heavy atom. The van der Waals surface area contributed by atoms with Crippen molar-refractivity contribution >= 4 is 0 Å². The fraction of sp³-hybridized carbons (Fsp3) is 0.571. The molecule has 1 fully saturated rings. The standard InChI is InChI=1S/C14H21NO2/c1-2-17-13-5-3-4-12(10-13)14(15)11-6-8-16-9-7-11/h3-5,10-11,14H,2,6-9,15H2,1H3. The smallest absolute Gasteiger partial charge is 0.119 e. The van der Waals surface area contributed by atoms with Gasteiger partial charge in [0.05, 0.1) is 6.61 Å². The molecule has 0 spiro atoms. The van der Waals surface area contributed by atoms with Gasteiger partial charge in [-0.1, -0.05) is 12.1 Å². The molecule has 94 valence electrons. The van der Waals surface area contributed by atoms with Crippen LogP contribution in [0.2, 0.25) is 0 Å². The molecule has 0 aromatic heterocycles. The summed E-state index contributed by atoms with van der Waals surface area (Å²) in [6.45, 7) is 4.36. The van der Waals surface area contributed by atoms with Crippen LogP contribution in [0.3, 0.4) is 0 Å². The Morgan fingerprint density at radius 1 is 1.41 bits per heavy atom. The van der Waals surface area contributed by atoms with Crippen LogP contribution >= 0.6 is 0 Å². The molecule has 0 aliphatic carbocycles. The van der Waals surface area contributed by atoms with Gasteiger partial charge in [0.1, 0.15) is 5.75 Å². The van der Waals surface area contributed by atoms with Crippen LogP contribution in [0.5, 0.6) is 5.75 Å². The first-order valence-corrected chi connectivity index (χ1v) is 6.37. The van der Waals surface area contributed by atoms with Crippen LogP contribution in [0.25, 0.3) is 0 Å². The number of nitrogens with two attached hydrogens (primary N) is 1. The highest BCUT2D eigenvalue weighted by Crippen LogP contribution is 2.29. The van der Waals surface area contributed by atoms with E-state index in [-0.39, 0.29) is 6.04 Å². The minimum Gasteiger partial charge on any atom is -0.494 e. The van der Waals surface area contributed by atoms with Crippen molar-refractivity contribution in [1.29, 1.82) is 0 Å². The molecular weight excluding hydrogens is 214 g/mol. The van der Waals surface area contributed by atoms with Gasteiger partial charge in [-0.15, -0.1) is 0 Å². The van der Waals surface area contributed by atoms with Crippen LogP contribution in [0.4, 0.5) is 0 Å². The largest absolute Gasteiger partial charge is 0.494 e. The Kier molecular flexibility index (Phi) is 4.40. The second-order valence-corrected chi connectivity index (χ2v) is 4.48. The number of ether oxygens (including phenoxy) is 2. The SMILES string of the molecule is CCOc1cccc(C(N)C2CCOCC2)c1.